The number of hydrogen-bond acceptors (Lipinski definition) is 4. The normalized spacial score (nSPS) is 18.5. The van der Waals surface area contributed by atoms with Crippen LogP contribution in [0.15, 0.2) is 18.2 Å². The molecule has 6 heteroatoms. The molecule has 96 valence electrons. The molecule has 1 aliphatic heterocycles. The number of rotatable bonds is 2. The molecule has 1 aromatic rings. The molecule has 0 spiro atoms. The summed E-state index contributed by atoms with van der Waals surface area (Å²) in [7, 11) is -4.02. The summed E-state index contributed by atoms with van der Waals surface area (Å²) < 4.78 is 31.5. The van der Waals surface area contributed by atoms with Crippen LogP contribution in [0, 0.1) is 0 Å². The molecule has 0 saturated carbocycles. The Labute approximate surface area is 102 Å². The van der Waals surface area contributed by atoms with Crippen LogP contribution in [-0.4, -0.2) is 19.5 Å². The molecular weight excluding hydrogens is 240 g/mol. The highest BCUT2D eigenvalue weighted by Gasteiger charge is 2.32. The van der Waals surface area contributed by atoms with E-state index in [4.69, 9.17) is 4.55 Å². The first-order chi connectivity index (χ1) is 7.39. The third-order valence-corrected chi connectivity index (χ3v) is 4.07. The first kappa shape index (κ1) is 14.0. The Morgan fingerprint density at radius 2 is 2.06 bits per heavy atom. The summed E-state index contributed by atoms with van der Waals surface area (Å²) in [6.45, 7) is 4.34. The van der Waals surface area contributed by atoms with E-state index in [0.717, 1.165) is 11.3 Å². The lowest BCUT2D eigenvalue weighted by Gasteiger charge is -2.10. The van der Waals surface area contributed by atoms with Crippen molar-refractivity contribution >= 4 is 15.8 Å². The summed E-state index contributed by atoms with van der Waals surface area (Å²) in [6, 6.07) is 5.71. The Balaban J connectivity index is 0.00000144. The van der Waals surface area contributed by atoms with Gasteiger partial charge in [-0.2, -0.15) is 8.42 Å². The Hall–Kier alpha value is -1.11. The number of benzene rings is 1. The fourth-order valence-electron chi connectivity index (χ4n) is 1.95. The number of hydrogen-bond donors (Lipinski definition) is 3. The van der Waals surface area contributed by atoms with Gasteiger partial charge in [0, 0.05) is 12.2 Å². The SMILES string of the molecule is CC(C)c1ccc2c(c1)C(S(=O)(=O)O)CN2.N. The lowest BCUT2D eigenvalue weighted by Crippen LogP contribution is -2.13. The first-order valence-electron chi connectivity index (χ1n) is 5.23. The summed E-state index contributed by atoms with van der Waals surface area (Å²) >= 11 is 0. The first-order valence-corrected chi connectivity index (χ1v) is 6.74. The van der Waals surface area contributed by atoms with Gasteiger partial charge in [0.25, 0.3) is 10.1 Å². The second-order valence-electron chi connectivity index (χ2n) is 4.39. The largest absolute Gasteiger partial charge is 0.383 e. The molecule has 0 bridgehead atoms. The lowest BCUT2D eigenvalue weighted by molar-refractivity contribution is 0.472. The topological polar surface area (TPSA) is 101 Å². The van der Waals surface area contributed by atoms with Crippen molar-refractivity contribution in [2.45, 2.75) is 25.0 Å². The molecular formula is C11H18N2O3S. The smallest absolute Gasteiger partial charge is 0.273 e. The highest BCUT2D eigenvalue weighted by Crippen LogP contribution is 2.36. The van der Waals surface area contributed by atoms with Crippen LogP contribution in [0.4, 0.5) is 5.69 Å². The second-order valence-corrected chi connectivity index (χ2v) is 5.98. The molecule has 17 heavy (non-hydrogen) atoms. The Kier molecular flexibility index (Phi) is 3.81. The van der Waals surface area contributed by atoms with Gasteiger partial charge in [0.2, 0.25) is 0 Å². The minimum Gasteiger partial charge on any atom is -0.383 e. The standard InChI is InChI=1S/C11H15NO3S.H3N/c1-7(2)8-3-4-10-9(5-8)11(6-12-10)16(13,14)15;/h3-5,7,11-12H,6H2,1-2H3,(H,13,14,15);1H3. The van der Waals surface area contributed by atoms with Gasteiger partial charge in [-0.1, -0.05) is 26.0 Å². The molecule has 0 aliphatic carbocycles. The third-order valence-electron chi connectivity index (χ3n) is 2.93. The van der Waals surface area contributed by atoms with Crippen molar-refractivity contribution in [2.75, 3.05) is 11.9 Å². The average molecular weight is 258 g/mol. The highest BCUT2D eigenvalue weighted by molar-refractivity contribution is 7.86. The molecule has 1 atom stereocenters. The summed E-state index contributed by atoms with van der Waals surface area (Å²) in [5.74, 6) is 0.341. The van der Waals surface area contributed by atoms with Crippen LogP contribution in [0.5, 0.6) is 0 Å². The minimum atomic E-state index is -4.02. The molecule has 5 N–H and O–H groups in total. The van der Waals surface area contributed by atoms with Crippen LogP contribution >= 0.6 is 0 Å². The maximum absolute atomic E-state index is 11.2. The third kappa shape index (κ3) is 2.59. The van der Waals surface area contributed by atoms with Gasteiger partial charge in [-0.15, -0.1) is 0 Å². The maximum Gasteiger partial charge on any atom is 0.273 e. The summed E-state index contributed by atoms with van der Waals surface area (Å²) in [5.41, 5.74) is 2.55. The molecule has 0 amide bonds. The van der Waals surface area contributed by atoms with E-state index < -0.39 is 15.4 Å². The van der Waals surface area contributed by atoms with Gasteiger partial charge in [-0.3, -0.25) is 4.55 Å². The van der Waals surface area contributed by atoms with E-state index in [0.29, 0.717) is 11.5 Å². The molecule has 0 radical (unpaired) electrons. The van der Waals surface area contributed by atoms with E-state index >= 15 is 0 Å². The predicted octanol–water partition coefficient (Wildman–Crippen LogP) is 2.33. The van der Waals surface area contributed by atoms with Crippen LogP contribution in [0.2, 0.25) is 0 Å². The van der Waals surface area contributed by atoms with Crippen LogP contribution in [0.3, 0.4) is 0 Å². The van der Waals surface area contributed by atoms with Gasteiger partial charge in [0.1, 0.15) is 5.25 Å². The van der Waals surface area contributed by atoms with Gasteiger partial charge in [0.05, 0.1) is 0 Å². The van der Waals surface area contributed by atoms with E-state index in [2.05, 4.69) is 5.32 Å². The zero-order valence-electron chi connectivity index (χ0n) is 9.97. The van der Waals surface area contributed by atoms with E-state index in [1.165, 1.54) is 0 Å². The molecule has 5 nitrogen and oxygen atoms in total. The van der Waals surface area contributed by atoms with Gasteiger partial charge < -0.3 is 11.5 Å². The predicted molar refractivity (Wildman–Crippen MR) is 68.3 cm³/mol. The monoisotopic (exact) mass is 258 g/mol. The zero-order chi connectivity index (χ0) is 11.9. The number of anilines is 1. The molecule has 1 heterocycles. The van der Waals surface area contributed by atoms with Gasteiger partial charge in [-0.25, -0.2) is 0 Å². The summed E-state index contributed by atoms with van der Waals surface area (Å²) in [6.07, 6.45) is 0. The van der Waals surface area contributed by atoms with Gasteiger partial charge in [0.15, 0.2) is 0 Å². The van der Waals surface area contributed by atoms with Crippen molar-refractivity contribution in [3.8, 4) is 0 Å². The lowest BCUT2D eigenvalue weighted by atomic mass is 10.00. The quantitative estimate of drug-likeness (QED) is 0.707. The minimum absolute atomic E-state index is 0. The molecule has 0 saturated heterocycles. The molecule has 2 rings (SSSR count). The van der Waals surface area contributed by atoms with Crippen molar-refractivity contribution in [3.05, 3.63) is 29.3 Å². The fraction of sp³-hybridized carbons (Fsp3) is 0.455. The highest BCUT2D eigenvalue weighted by atomic mass is 32.2. The Bertz CT molecular complexity index is 511. The Morgan fingerprint density at radius 3 is 2.59 bits per heavy atom. The molecule has 1 aromatic carbocycles. The van der Waals surface area contributed by atoms with Crippen LogP contribution in [-0.2, 0) is 10.1 Å². The molecule has 1 aliphatic rings. The van der Waals surface area contributed by atoms with Gasteiger partial charge in [-0.05, 0) is 23.1 Å². The van der Waals surface area contributed by atoms with Crippen LogP contribution < -0.4 is 11.5 Å². The van der Waals surface area contributed by atoms with Crippen molar-refractivity contribution in [2.24, 2.45) is 0 Å². The van der Waals surface area contributed by atoms with Crippen molar-refractivity contribution in [1.82, 2.24) is 6.15 Å². The van der Waals surface area contributed by atoms with Crippen LogP contribution in [0.25, 0.3) is 0 Å². The van der Waals surface area contributed by atoms with Gasteiger partial charge >= 0.3 is 0 Å². The fourth-order valence-corrected chi connectivity index (χ4v) is 2.76. The van der Waals surface area contributed by atoms with E-state index in [9.17, 15) is 8.42 Å². The van der Waals surface area contributed by atoms with Crippen molar-refractivity contribution < 1.29 is 13.0 Å². The number of nitrogens with one attached hydrogen (secondary N) is 1. The average Bonchev–Trinajstić information content (AvgIpc) is 2.58. The summed E-state index contributed by atoms with van der Waals surface area (Å²) in [4.78, 5) is 0. The summed E-state index contributed by atoms with van der Waals surface area (Å²) in [5, 5.41) is 2.15. The van der Waals surface area contributed by atoms with Crippen molar-refractivity contribution in [3.63, 3.8) is 0 Å². The van der Waals surface area contributed by atoms with Crippen LogP contribution in [0.1, 0.15) is 36.1 Å². The molecule has 0 fully saturated rings. The molecule has 0 aromatic heterocycles. The number of fused-ring (bicyclic) bond motifs is 1. The van der Waals surface area contributed by atoms with Crippen molar-refractivity contribution in [1.29, 1.82) is 0 Å². The molecule has 1 unspecified atom stereocenters. The van der Waals surface area contributed by atoms with E-state index in [1.54, 1.807) is 0 Å². The Morgan fingerprint density at radius 1 is 1.41 bits per heavy atom. The zero-order valence-corrected chi connectivity index (χ0v) is 10.8. The van der Waals surface area contributed by atoms with E-state index in [-0.39, 0.29) is 12.7 Å². The second kappa shape index (κ2) is 4.64. The van der Waals surface area contributed by atoms with E-state index in [1.807, 2.05) is 32.0 Å². The maximum atomic E-state index is 11.2.